The van der Waals surface area contributed by atoms with Gasteiger partial charge in [-0.05, 0) is 51.3 Å². The molecule has 140 valence electrons. The lowest BCUT2D eigenvalue weighted by molar-refractivity contribution is -0.109. The van der Waals surface area contributed by atoms with Crippen LogP contribution in [-0.4, -0.2) is 33.3 Å². The van der Waals surface area contributed by atoms with Crippen LogP contribution < -0.4 is 5.32 Å². The lowest BCUT2D eigenvalue weighted by Gasteiger charge is -2.19. The first-order chi connectivity index (χ1) is 12.2. The van der Waals surface area contributed by atoms with Gasteiger partial charge in [-0.15, -0.1) is 0 Å². The quantitative estimate of drug-likeness (QED) is 0.772. The van der Waals surface area contributed by atoms with Crippen molar-refractivity contribution in [2.45, 2.75) is 51.9 Å². The Balaban J connectivity index is 1.89. The number of aryl methyl sites for hydroxylation is 1. The van der Waals surface area contributed by atoms with Crippen LogP contribution in [0.5, 0.6) is 0 Å². The van der Waals surface area contributed by atoms with Crippen LogP contribution in [0.3, 0.4) is 0 Å². The largest absolute Gasteiger partial charge is 0.444 e. The van der Waals surface area contributed by atoms with Crippen LogP contribution in [0.25, 0.3) is 11.0 Å². The van der Waals surface area contributed by atoms with Gasteiger partial charge < -0.3 is 10.1 Å². The van der Waals surface area contributed by atoms with Gasteiger partial charge in [0.15, 0.2) is 5.12 Å². The van der Waals surface area contributed by atoms with E-state index in [0.29, 0.717) is 12.3 Å². The van der Waals surface area contributed by atoms with E-state index >= 15 is 0 Å². The van der Waals surface area contributed by atoms with E-state index in [0.717, 1.165) is 35.1 Å². The van der Waals surface area contributed by atoms with Crippen LogP contribution in [-0.2, 0) is 21.7 Å². The minimum absolute atomic E-state index is 0.0677. The number of carbonyl (C=O) groups is 2. The lowest BCUT2D eigenvalue weighted by atomic mass is 10.1. The van der Waals surface area contributed by atoms with Crippen molar-refractivity contribution >= 4 is 34.0 Å². The first kappa shape index (κ1) is 20.2. The molecule has 0 unspecified atom stereocenters. The summed E-state index contributed by atoms with van der Waals surface area (Å²) in [5, 5.41) is 2.83. The van der Waals surface area contributed by atoms with Crippen molar-refractivity contribution in [2.24, 2.45) is 0 Å². The molecule has 1 N–H and O–H groups in total. The topological polar surface area (TPSA) is 81.2 Å². The van der Waals surface area contributed by atoms with E-state index in [1.165, 1.54) is 11.8 Å². The Hall–Kier alpha value is -2.15. The van der Waals surface area contributed by atoms with Gasteiger partial charge >= 0.3 is 6.09 Å². The maximum Gasteiger partial charge on any atom is 0.407 e. The highest BCUT2D eigenvalue weighted by Crippen LogP contribution is 2.16. The predicted molar refractivity (Wildman–Crippen MR) is 104 cm³/mol. The molecule has 0 aliphatic carbocycles. The summed E-state index contributed by atoms with van der Waals surface area (Å²) in [7, 11) is 0. The summed E-state index contributed by atoms with van der Waals surface area (Å²) in [6, 6.07) is 5.98. The van der Waals surface area contributed by atoms with Gasteiger partial charge in [0.05, 0.1) is 16.7 Å². The van der Waals surface area contributed by atoms with E-state index in [-0.39, 0.29) is 5.12 Å². The number of fused-ring (bicyclic) bond motifs is 1. The number of ether oxygens (including phenoxy) is 1. The second kappa shape index (κ2) is 8.98. The molecule has 1 amide bonds. The molecule has 7 heteroatoms. The van der Waals surface area contributed by atoms with Gasteiger partial charge in [0, 0.05) is 25.4 Å². The van der Waals surface area contributed by atoms with E-state index in [2.05, 4.69) is 15.3 Å². The van der Waals surface area contributed by atoms with Crippen molar-refractivity contribution < 1.29 is 14.3 Å². The molecule has 2 aromatic rings. The molecule has 2 rings (SSSR count). The summed E-state index contributed by atoms with van der Waals surface area (Å²) in [4.78, 5) is 31.7. The fraction of sp³-hybridized carbons (Fsp3) is 0.474. The van der Waals surface area contributed by atoms with Crippen molar-refractivity contribution in [3.05, 3.63) is 35.7 Å². The Bertz CT molecular complexity index is 787. The maximum atomic E-state index is 11.6. The molecule has 1 aromatic heterocycles. The molecule has 0 spiro atoms. The number of hydrogen-bond acceptors (Lipinski definition) is 6. The molecule has 1 aromatic carbocycles. The molecule has 0 bridgehead atoms. The normalized spacial score (nSPS) is 11.4. The molecule has 0 saturated carbocycles. The average Bonchev–Trinajstić information content (AvgIpc) is 2.55. The minimum atomic E-state index is -0.487. The first-order valence-electron chi connectivity index (χ1n) is 8.58. The molecule has 6 nitrogen and oxygen atoms in total. The van der Waals surface area contributed by atoms with E-state index in [1.54, 1.807) is 13.1 Å². The molecule has 0 saturated heterocycles. The molecule has 0 fully saturated rings. The Morgan fingerprint density at radius 1 is 1.23 bits per heavy atom. The fourth-order valence-electron chi connectivity index (χ4n) is 2.29. The first-order valence-corrected chi connectivity index (χ1v) is 9.56. The van der Waals surface area contributed by atoms with Crippen LogP contribution in [0.15, 0.2) is 24.4 Å². The van der Waals surface area contributed by atoms with Gasteiger partial charge in [-0.1, -0.05) is 17.8 Å². The second-order valence-electron chi connectivity index (χ2n) is 7.00. The summed E-state index contributed by atoms with van der Waals surface area (Å²) in [5.41, 5.74) is 3.09. The van der Waals surface area contributed by atoms with Crippen molar-refractivity contribution in [3.8, 4) is 0 Å². The molecule has 0 aliphatic rings. The predicted octanol–water partition coefficient (Wildman–Crippen LogP) is 3.87. The van der Waals surface area contributed by atoms with E-state index < -0.39 is 11.7 Å². The standard InChI is InChI=1S/C19H25N3O3S/c1-13(23)26-12-15-11-21-16-8-7-14(10-17(16)22-15)6-5-9-20-18(24)25-19(2,3)4/h7-8,10-11H,5-6,9,12H2,1-4H3,(H,20,24). The molecule has 1 heterocycles. The Morgan fingerprint density at radius 3 is 2.69 bits per heavy atom. The summed E-state index contributed by atoms with van der Waals surface area (Å²) in [5.74, 6) is 0.530. The number of aromatic nitrogens is 2. The van der Waals surface area contributed by atoms with E-state index in [9.17, 15) is 9.59 Å². The Kier molecular flexibility index (Phi) is 6.97. The third-order valence-corrected chi connectivity index (χ3v) is 4.24. The lowest BCUT2D eigenvalue weighted by Crippen LogP contribution is -2.33. The third-order valence-electron chi connectivity index (χ3n) is 3.39. The van der Waals surface area contributed by atoms with Crippen LogP contribution in [0.2, 0.25) is 0 Å². The monoisotopic (exact) mass is 375 g/mol. The van der Waals surface area contributed by atoms with E-state index in [1.807, 2.05) is 39.0 Å². The number of carbonyl (C=O) groups excluding carboxylic acids is 2. The number of rotatable bonds is 6. The highest BCUT2D eigenvalue weighted by atomic mass is 32.2. The number of thioether (sulfide) groups is 1. The van der Waals surface area contributed by atoms with E-state index in [4.69, 9.17) is 4.74 Å². The number of nitrogens with one attached hydrogen (secondary N) is 1. The van der Waals surface area contributed by atoms with Gasteiger partial charge in [0.25, 0.3) is 0 Å². The second-order valence-corrected chi connectivity index (χ2v) is 8.15. The van der Waals surface area contributed by atoms with Gasteiger partial charge in [-0.2, -0.15) is 0 Å². The van der Waals surface area contributed by atoms with Gasteiger partial charge in [-0.25, -0.2) is 9.78 Å². The zero-order valence-electron chi connectivity index (χ0n) is 15.7. The molecule has 26 heavy (non-hydrogen) atoms. The fourth-order valence-corrected chi connectivity index (χ4v) is 2.78. The Labute approximate surface area is 158 Å². The molecule has 0 aliphatic heterocycles. The summed E-state index contributed by atoms with van der Waals surface area (Å²) >= 11 is 1.23. The third kappa shape index (κ3) is 7.00. The van der Waals surface area contributed by atoms with Crippen molar-refractivity contribution in [1.29, 1.82) is 0 Å². The minimum Gasteiger partial charge on any atom is -0.444 e. The van der Waals surface area contributed by atoms with Crippen LogP contribution in [0.4, 0.5) is 4.79 Å². The van der Waals surface area contributed by atoms with Gasteiger partial charge in [0.1, 0.15) is 5.60 Å². The Morgan fingerprint density at radius 2 is 2.00 bits per heavy atom. The number of nitrogens with zero attached hydrogens (tertiary/aromatic N) is 2. The van der Waals surface area contributed by atoms with Crippen LogP contribution in [0, 0.1) is 0 Å². The van der Waals surface area contributed by atoms with Gasteiger partial charge in [0.2, 0.25) is 0 Å². The molecule has 0 atom stereocenters. The number of benzene rings is 1. The van der Waals surface area contributed by atoms with Crippen molar-refractivity contribution in [1.82, 2.24) is 15.3 Å². The average molecular weight is 375 g/mol. The highest BCUT2D eigenvalue weighted by Gasteiger charge is 2.15. The number of alkyl carbamates (subject to hydrolysis) is 1. The van der Waals surface area contributed by atoms with Crippen molar-refractivity contribution in [3.63, 3.8) is 0 Å². The maximum absolute atomic E-state index is 11.6. The zero-order chi connectivity index (χ0) is 19.2. The summed E-state index contributed by atoms with van der Waals surface area (Å²) in [6.45, 7) is 7.61. The highest BCUT2D eigenvalue weighted by molar-refractivity contribution is 8.12. The SMILES string of the molecule is CC(=O)SCc1cnc2ccc(CCCNC(=O)OC(C)(C)C)cc2n1. The molecular weight excluding hydrogens is 350 g/mol. The van der Waals surface area contributed by atoms with Crippen molar-refractivity contribution in [2.75, 3.05) is 6.54 Å². The summed E-state index contributed by atoms with van der Waals surface area (Å²) in [6.07, 6.45) is 2.94. The number of amides is 1. The smallest absolute Gasteiger partial charge is 0.407 e. The molecular formula is C19H25N3O3S. The number of hydrogen-bond donors (Lipinski definition) is 1. The summed E-state index contributed by atoms with van der Waals surface area (Å²) < 4.78 is 5.21. The zero-order valence-corrected chi connectivity index (χ0v) is 16.5. The van der Waals surface area contributed by atoms with Crippen LogP contribution >= 0.6 is 11.8 Å². The van der Waals surface area contributed by atoms with Crippen LogP contribution in [0.1, 0.15) is 45.4 Å². The van der Waals surface area contributed by atoms with Gasteiger partial charge in [-0.3, -0.25) is 9.78 Å². The molecule has 0 radical (unpaired) electrons.